The molecule has 1 aliphatic heterocycles. The first-order valence-electron chi connectivity index (χ1n) is 11.9. The average Bonchev–Trinajstić information content (AvgIpc) is 3.45. The maximum absolute atomic E-state index is 12.5. The van der Waals surface area contributed by atoms with E-state index >= 15 is 0 Å². The van der Waals surface area contributed by atoms with Gasteiger partial charge < -0.3 is 30.2 Å². The van der Waals surface area contributed by atoms with Crippen LogP contribution in [0.4, 0.5) is 4.79 Å². The maximum atomic E-state index is 12.5. The maximum Gasteiger partial charge on any atom is 0.407 e. The lowest BCUT2D eigenvalue weighted by molar-refractivity contribution is -0.153. The zero-order chi connectivity index (χ0) is 26.1. The van der Waals surface area contributed by atoms with Crippen molar-refractivity contribution in [2.75, 3.05) is 26.3 Å². The second-order valence-electron chi connectivity index (χ2n) is 9.47. The van der Waals surface area contributed by atoms with Gasteiger partial charge in [0.25, 0.3) is 0 Å². The van der Waals surface area contributed by atoms with Gasteiger partial charge in [-0.1, -0.05) is 24.3 Å². The molecule has 3 N–H and O–H groups in total. The molecule has 3 rings (SSSR count). The first kappa shape index (κ1) is 27.6. The number of alkyl carbamates (subject to hydrolysis) is 1. The molecule has 2 unspecified atom stereocenters. The van der Waals surface area contributed by atoms with Crippen molar-refractivity contribution in [1.29, 1.82) is 0 Å². The van der Waals surface area contributed by atoms with Crippen molar-refractivity contribution in [3.05, 3.63) is 41.0 Å². The van der Waals surface area contributed by atoms with E-state index in [1.54, 1.807) is 32.1 Å². The molecule has 0 radical (unpaired) electrons. The fourth-order valence-electron chi connectivity index (χ4n) is 3.57. The number of benzene rings is 1. The summed E-state index contributed by atoms with van der Waals surface area (Å²) in [5.74, 6) is -0.656. The Bertz CT molecular complexity index is 1030. The molecule has 1 saturated heterocycles. The number of rotatable bonds is 10. The number of aromatic nitrogens is 1. The van der Waals surface area contributed by atoms with Crippen molar-refractivity contribution < 1.29 is 28.6 Å². The van der Waals surface area contributed by atoms with Crippen molar-refractivity contribution in [1.82, 2.24) is 20.9 Å². The molecule has 0 bridgehead atoms. The molecule has 2 heterocycles. The second kappa shape index (κ2) is 12.8. The Morgan fingerprint density at radius 1 is 1.17 bits per heavy atom. The number of ether oxygens (including phenoxy) is 3. The number of amides is 2. The van der Waals surface area contributed by atoms with Crippen LogP contribution in [0.5, 0.6) is 0 Å². The zero-order valence-corrected chi connectivity index (χ0v) is 21.9. The molecule has 10 nitrogen and oxygen atoms in total. The second-order valence-corrected chi connectivity index (χ2v) is 10.3. The summed E-state index contributed by atoms with van der Waals surface area (Å²) in [5, 5.41) is 8.57. The molecule has 0 saturated carbocycles. The number of nitrogens with one attached hydrogen (secondary N) is 3. The first-order valence-corrected chi connectivity index (χ1v) is 12.7. The number of hydrogen-bond donors (Lipinski definition) is 3. The van der Waals surface area contributed by atoms with Crippen LogP contribution in [0, 0.1) is 6.92 Å². The molecule has 0 spiro atoms. The van der Waals surface area contributed by atoms with Crippen LogP contribution in [0.3, 0.4) is 0 Å². The van der Waals surface area contributed by atoms with E-state index in [4.69, 9.17) is 14.2 Å². The lowest BCUT2D eigenvalue weighted by atomic mass is 10.1. The number of carbonyl (C=O) groups is 3. The number of aryl methyl sites for hydroxylation is 1. The highest BCUT2D eigenvalue weighted by Crippen LogP contribution is 2.27. The molecular formula is C25H34N4O6S. The minimum atomic E-state index is -0.577. The standard InChI is InChI=1S/C25H34N4O6S/c1-16-22(36-15-29-16)18-7-5-17(6-8-18)12-28-23(31)20-11-19(13-27-20)34-21(30)14-33-10-9-26-24(32)35-25(2,3)4/h5-8,15,19-20,27H,9-14H2,1-4H3,(H,26,32)(H,28,31). The molecule has 0 aliphatic carbocycles. The quantitative estimate of drug-likeness (QED) is 0.323. The highest BCUT2D eigenvalue weighted by Gasteiger charge is 2.31. The highest BCUT2D eigenvalue weighted by molar-refractivity contribution is 7.13. The van der Waals surface area contributed by atoms with E-state index in [9.17, 15) is 14.4 Å². The highest BCUT2D eigenvalue weighted by atomic mass is 32.1. The third-order valence-electron chi connectivity index (χ3n) is 5.27. The molecule has 196 valence electrons. The first-order chi connectivity index (χ1) is 17.1. The smallest absolute Gasteiger partial charge is 0.407 e. The normalized spacial score (nSPS) is 17.4. The summed E-state index contributed by atoms with van der Waals surface area (Å²) in [6.07, 6.45) is -0.557. The lowest BCUT2D eigenvalue weighted by Crippen LogP contribution is -2.39. The summed E-state index contributed by atoms with van der Waals surface area (Å²) in [6.45, 7) is 8.23. The Balaban J connectivity index is 1.30. The number of hydrogen-bond acceptors (Lipinski definition) is 9. The van der Waals surface area contributed by atoms with E-state index in [-0.39, 0.29) is 25.7 Å². The average molecular weight is 519 g/mol. The van der Waals surface area contributed by atoms with Crippen molar-refractivity contribution in [2.24, 2.45) is 0 Å². The predicted octanol–water partition coefficient (Wildman–Crippen LogP) is 2.55. The van der Waals surface area contributed by atoms with E-state index in [0.29, 0.717) is 19.5 Å². The minimum absolute atomic E-state index is 0.139. The number of thiazole rings is 1. The van der Waals surface area contributed by atoms with Gasteiger partial charge in [0.1, 0.15) is 18.3 Å². The van der Waals surface area contributed by atoms with Crippen molar-refractivity contribution in [3.63, 3.8) is 0 Å². The van der Waals surface area contributed by atoms with E-state index in [0.717, 1.165) is 21.7 Å². The molecular weight excluding hydrogens is 484 g/mol. The molecule has 36 heavy (non-hydrogen) atoms. The van der Waals surface area contributed by atoms with Gasteiger partial charge in [-0.3, -0.25) is 4.79 Å². The van der Waals surface area contributed by atoms with E-state index in [2.05, 4.69) is 20.9 Å². The van der Waals surface area contributed by atoms with Crippen LogP contribution in [0.2, 0.25) is 0 Å². The molecule has 1 fully saturated rings. The topological polar surface area (TPSA) is 128 Å². The number of carbonyl (C=O) groups excluding carboxylic acids is 3. The fourth-order valence-corrected chi connectivity index (χ4v) is 4.38. The van der Waals surface area contributed by atoms with Gasteiger partial charge in [-0.05, 0) is 38.8 Å². The predicted molar refractivity (Wildman–Crippen MR) is 135 cm³/mol. The Morgan fingerprint density at radius 2 is 1.92 bits per heavy atom. The summed E-state index contributed by atoms with van der Waals surface area (Å²) in [6, 6.07) is 7.61. The molecule has 1 aromatic carbocycles. The van der Waals surface area contributed by atoms with Crippen molar-refractivity contribution >= 4 is 29.3 Å². The van der Waals surface area contributed by atoms with Gasteiger partial charge >= 0.3 is 12.1 Å². The summed E-state index contributed by atoms with van der Waals surface area (Å²) >= 11 is 1.60. The lowest BCUT2D eigenvalue weighted by Gasteiger charge is -2.19. The van der Waals surface area contributed by atoms with Crippen molar-refractivity contribution in [3.8, 4) is 10.4 Å². The summed E-state index contributed by atoms with van der Waals surface area (Å²) in [7, 11) is 0. The Morgan fingerprint density at radius 3 is 2.58 bits per heavy atom. The Labute approximate surface area is 215 Å². The van der Waals surface area contributed by atoms with Gasteiger partial charge in [0.2, 0.25) is 5.91 Å². The van der Waals surface area contributed by atoms with E-state index < -0.39 is 29.8 Å². The van der Waals surface area contributed by atoms with Gasteiger partial charge in [-0.15, -0.1) is 11.3 Å². The molecule has 11 heteroatoms. The Kier molecular flexibility index (Phi) is 9.80. The molecule has 2 atom stereocenters. The monoisotopic (exact) mass is 518 g/mol. The SMILES string of the molecule is Cc1ncsc1-c1ccc(CNC(=O)C2CC(OC(=O)COCCNC(=O)OC(C)(C)C)CN2)cc1. The van der Waals surface area contributed by atoms with Gasteiger partial charge in [0.05, 0.1) is 28.7 Å². The van der Waals surface area contributed by atoms with E-state index in [1.807, 2.05) is 36.7 Å². The third-order valence-corrected chi connectivity index (χ3v) is 6.25. The van der Waals surface area contributed by atoms with Crippen molar-refractivity contribution in [2.45, 2.75) is 58.4 Å². The number of nitrogens with zero attached hydrogens (tertiary/aromatic N) is 1. The number of esters is 1. The minimum Gasteiger partial charge on any atom is -0.459 e. The van der Waals surface area contributed by atoms with Gasteiger partial charge in [-0.25, -0.2) is 14.6 Å². The third kappa shape index (κ3) is 8.89. The van der Waals surface area contributed by atoms with Crippen LogP contribution >= 0.6 is 11.3 Å². The molecule has 1 aromatic heterocycles. The summed E-state index contributed by atoms with van der Waals surface area (Å²) < 4.78 is 15.7. The van der Waals surface area contributed by atoms with Crippen LogP contribution in [0.1, 0.15) is 38.4 Å². The molecule has 1 aliphatic rings. The molecule has 2 aromatic rings. The zero-order valence-electron chi connectivity index (χ0n) is 21.1. The van der Waals surface area contributed by atoms with Crippen LogP contribution in [-0.4, -0.2) is 67.0 Å². The van der Waals surface area contributed by atoms with Crippen LogP contribution in [0.15, 0.2) is 29.8 Å². The van der Waals surface area contributed by atoms with Crippen LogP contribution < -0.4 is 16.0 Å². The summed E-state index contributed by atoms with van der Waals surface area (Å²) in [4.78, 5) is 41.5. The fraction of sp³-hybridized carbons (Fsp3) is 0.520. The van der Waals surface area contributed by atoms with Gasteiger partial charge in [0, 0.05) is 26.1 Å². The largest absolute Gasteiger partial charge is 0.459 e. The summed E-state index contributed by atoms with van der Waals surface area (Å²) in [5.41, 5.74) is 4.36. The van der Waals surface area contributed by atoms with Gasteiger partial charge in [-0.2, -0.15) is 0 Å². The van der Waals surface area contributed by atoms with E-state index in [1.165, 1.54) is 0 Å². The Hall–Kier alpha value is -3.02. The molecule has 2 amide bonds. The van der Waals surface area contributed by atoms with Crippen LogP contribution in [0.25, 0.3) is 10.4 Å². The van der Waals surface area contributed by atoms with Crippen LogP contribution in [-0.2, 0) is 30.3 Å². The van der Waals surface area contributed by atoms with Gasteiger partial charge in [0.15, 0.2) is 0 Å².